The van der Waals surface area contributed by atoms with Crippen LogP contribution in [-0.4, -0.2) is 55.9 Å². The van der Waals surface area contributed by atoms with Crippen molar-refractivity contribution in [2.75, 3.05) is 40.0 Å². The Morgan fingerprint density at radius 2 is 2.19 bits per heavy atom. The summed E-state index contributed by atoms with van der Waals surface area (Å²) in [4.78, 5) is 7.11. The number of methoxy groups -OCH3 is 1. The summed E-state index contributed by atoms with van der Waals surface area (Å²) >= 11 is 0. The lowest BCUT2D eigenvalue weighted by molar-refractivity contribution is 0.110. The molecule has 0 radical (unpaired) electrons. The number of nitrogens with zero attached hydrogens (tertiary/aromatic N) is 2. The van der Waals surface area contributed by atoms with Crippen LogP contribution in [-0.2, 0) is 4.74 Å². The van der Waals surface area contributed by atoms with Gasteiger partial charge in [0.05, 0.1) is 13.7 Å². The van der Waals surface area contributed by atoms with E-state index >= 15 is 0 Å². The van der Waals surface area contributed by atoms with Crippen molar-refractivity contribution in [2.45, 2.75) is 25.4 Å². The Morgan fingerprint density at radius 1 is 1.27 bits per heavy atom. The zero-order valence-electron chi connectivity index (χ0n) is 15.5. The largest absolute Gasteiger partial charge is 0.494 e. The van der Waals surface area contributed by atoms with Crippen LogP contribution < -0.4 is 9.47 Å². The van der Waals surface area contributed by atoms with Crippen molar-refractivity contribution in [3.63, 3.8) is 0 Å². The molecule has 1 aromatic heterocycles. The van der Waals surface area contributed by atoms with Crippen molar-refractivity contribution in [1.29, 1.82) is 0 Å². The third-order valence-corrected chi connectivity index (χ3v) is 4.63. The minimum absolute atomic E-state index is 0.0748. The first kappa shape index (κ1) is 18.7. The molecular weight excluding hydrogens is 328 g/mol. The van der Waals surface area contributed by atoms with Gasteiger partial charge in [0.25, 0.3) is 0 Å². The number of hydrogen-bond donors (Lipinski definition) is 0. The molecule has 0 unspecified atom stereocenters. The van der Waals surface area contributed by atoms with E-state index in [0.29, 0.717) is 5.88 Å². The molecule has 0 bridgehead atoms. The van der Waals surface area contributed by atoms with Gasteiger partial charge in [-0.15, -0.1) is 6.58 Å². The first-order valence-electron chi connectivity index (χ1n) is 9.31. The monoisotopic (exact) mass is 356 g/mol. The summed E-state index contributed by atoms with van der Waals surface area (Å²) in [6.45, 7) is 8.36. The zero-order valence-corrected chi connectivity index (χ0v) is 15.5. The molecule has 5 heteroatoms. The van der Waals surface area contributed by atoms with Crippen LogP contribution in [0.25, 0.3) is 10.9 Å². The first-order valence-corrected chi connectivity index (χ1v) is 9.31. The maximum absolute atomic E-state index is 6.27. The van der Waals surface area contributed by atoms with E-state index in [2.05, 4.69) is 16.5 Å². The molecule has 1 aromatic carbocycles. The molecule has 1 aliphatic heterocycles. The highest BCUT2D eigenvalue weighted by molar-refractivity contribution is 5.84. The van der Waals surface area contributed by atoms with Crippen molar-refractivity contribution in [1.82, 2.24) is 9.88 Å². The van der Waals surface area contributed by atoms with Crippen LogP contribution in [0.1, 0.15) is 19.3 Å². The van der Waals surface area contributed by atoms with Crippen molar-refractivity contribution in [3.05, 3.63) is 43.0 Å². The van der Waals surface area contributed by atoms with Crippen LogP contribution in [0.2, 0.25) is 0 Å². The van der Waals surface area contributed by atoms with Gasteiger partial charge in [-0.2, -0.15) is 0 Å². The van der Waals surface area contributed by atoms with Gasteiger partial charge in [-0.1, -0.05) is 18.2 Å². The Hall–Kier alpha value is -2.11. The average molecular weight is 356 g/mol. The van der Waals surface area contributed by atoms with E-state index in [9.17, 15) is 0 Å². The van der Waals surface area contributed by atoms with Crippen molar-refractivity contribution in [3.8, 4) is 11.6 Å². The summed E-state index contributed by atoms with van der Waals surface area (Å²) in [6, 6.07) is 9.89. The minimum atomic E-state index is 0.0748. The van der Waals surface area contributed by atoms with Crippen LogP contribution in [0.15, 0.2) is 43.0 Å². The quantitative estimate of drug-likeness (QED) is 0.675. The fourth-order valence-electron chi connectivity index (χ4n) is 3.26. The van der Waals surface area contributed by atoms with E-state index in [0.717, 1.165) is 68.8 Å². The van der Waals surface area contributed by atoms with Gasteiger partial charge in [0, 0.05) is 37.7 Å². The van der Waals surface area contributed by atoms with Crippen LogP contribution in [0, 0.1) is 0 Å². The Kier molecular flexibility index (Phi) is 6.86. The van der Waals surface area contributed by atoms with Gasteiger partial charge in [0.2, 0.25) is 5.88 Å². The number of para-hydroxylation sites is 1. The van der Waals surface area contributed by atoms with E-state index in [1.165, 1.54) is 0 Å². The molecule has 140 valence electrons. The fourth-order valence-corrected chi connectivity index (χ4v) is 3.26. The number of ether oxygens (including phenoxy) is 3. The second kappa shape index (κ2) is 9.55. The van der Waals surface area contributed by atoms with E-state index < -0.39 is 0 Å². The highest BCUT2D eigenvalue weighted by Crippen LogP contribution is 2.26. The lowest BCUT2D eigenvalue weighted by Crippen LogP contribution is -2.37. The molecule has 5 nitrogen and oxygen atoms in total. The molecule has 0 amide bonds. The number of pyridine rings is 1. The smallest absolute Gasteiger partial charge is 0.214 e. The number of fused-ring (bicyclic) bond motifs is 1. The predicted molar refractivity (Wildman–Crippen MR) is 104 cm³/mol. The highest BCUT2D eigenvalue weighted by atomic mass is 16.5. The molecule has 26 heavy (non-hydrogen) atoms. The summed E-state index contributed by atoms with van der Waals surface area (Å²) in [7, 11) is 1.66. The summed E-state index contributed by atoms with van der Waals surface area (Å²) in [5, 5.41) is 1.05. The Morgan fingerprint density at radius 3 is 3.04 bits per heavy atom. The summed E-state index contributed by atoms with van der Waals surface area (Å²) in [5.74, 6) is 1.40. The Bertz CT molecular complexity index is 711. The molecule has 0 N–H and O–H groups in total. The molecule has 0 aliphatic carbocycles. The van der Waals surface area contributed by atoms with Crippen LogP contribution >= 0.6 is 0 Å². The number of hydrogen-bond acceptors (Lipinski definition) is 5. The maximum atomic E-state index is 6.27. The first-order chi connectivity index (χ1) is 12.8. The van der Waals surface area contributed by atoms with Crippen LogP contribution in [0.5, 0.6) is 11.6 Å². The van der Waals surface area contributed by atoms with E-state index in [4.69, 9.17) is 14.2 Å². The summed E-state index contributed by atoms with van der Waals surface area (Å²) < 4.78 is 17.3. The summed E-state index contributed by atoms with van der Waals surface area (Å²) in [6.07, 6.45) is 4.93. The molecule has 3 rings (SSSR count). The standard InChI is InChI=1S/C21H28N2O3/c1-3-4-8-18(16-23-12-6-14-25-15-13-23)26-20-11-10-17-7-5-9-19(24-2)21(17)22-20/h3,5,7,9-11,18H,1,4,6,8,12-16H2,2H3/t18-/m0/s1. The number of allylic oxidation sites excluding steroid dienone is 1. The molecule has 0 spiro atoms. The van der Waals surface area contributed by atoms with Gasteiger partial charge in [0.15, 0.2) is 0 Å². The normalized spacial score (nSPS) is 16.8. The maximum Gasteiger partial charge on any atom is 0.214 e. The second-order valence-electron chi connectivity index (χ2n) is 6.55. The van der Waals surface area contributed by atoms with Gasteiger partial charge >= 0.3 is 0 Å². The van der Waals surface area contributed by atoms with E-state index in [1.54, 1.807) is 7.11 Å². The van der Waals surface area contributed by atoms with E-state index in [1.807, 2.05) is 36.4 Å². The predicted octanol–water partition coefficient (Wildman–Crippen LogP) is 3.68. The van der Waals surface area contributed by atoms with Gasteiger partial charge in [0.1, 0.15) is 17.4 Å². The average Bonchev–Trinajstić information content (AvgIpc) is 2.94. The van der Waals surface area contributed by atoms with Crippen molar-refractivity contribution >= 4 is 10.9 Å². The Labute approximate surface area is 155 Å². The van der Waals surface area contributed by atoms with Gasteiger partial charge in [-0.05, 0) is 31.4 Å². The SMILES string of the molecule is C=CCC[C@@H](CN1CCCOCC1)Oc1ccc2cccc(OC)c2n1. The summed E-state index contributed by atoms with van der Waals surface area (Å²) in [5.41, 5.74) is 0.832. The minimum Gasteiger partial charge on any atom is -0.494 e. The second-order valence-corrected chi connectivity index (χ2v) is 6.55. The molecule has 1 saturated heterocycles. The fraction of sp³-hybridized carbons (Fsp3) is 0.476. The highest BCUT2D eigenvalue weighted by Gasteiger charge is 2.18. The van der Waals surface area contributed by atoms with Crippen LogP contribution in [0.3, 0.4) is 0 Å². The number of rotatable bonds is 8. The van der Waals surface area contributed by atoms with Crippen LogP contribution in [0.4, 0.5) is 0 Å². The molecule has 0 saturated carbocycles. The molecule has 2 aromatic rings. The molecule has 1 fully saturated rings. The third-order valence-electron chi connectivity index (χ3n) is 4.63. The molecule has 1 aliphatic rings. The van der Waals surface area contributed by atoms with E-state index in [-0.39, 0.29) is 6.10 Å². The molecule has 2 heterocycles. The van der Waals surface area contributed by atoms with Gasteiger partial charge in [-0.3, -0.25) is 4.90 Å². The van der Waals surface area contributed by atoms with Crippen molar-refractivity contribution < 1.29 is 14.2 Å². The lowest BCUT2D eigenvalue weighted by Gasteiger charge is -2.26. The molecule has 1 atom stereocenters. The van der Waals surface area contributed by atoms with Crippen molar-refractivity contribution in [2.24, 2.45) is 0 Å². The third kappa shape index (κ3) is 4.96. The lowest BCUT2D eigenvalue weighted by atomic mass is 10.1. The topological polar surface area (TPSA) is 43.8 Å². The Balaban J connectivity index is 1.74. The van der Waals surface area contributed by atoms with Gasteiger partial charge in [-0.25, -0.2) is 4.98 Å². The van der Waals surface area contributed by atoms with Gasteiger partial charge < -0.3 is 14.2 Å². The number of benzene rings is 1. The molecular formula is C21H28N2O3. The number of aromatic nitrogens is 1. The zero-order chi connectivity index (χ0) is 18.2.